The van der Waals surface area contributed by atoms with Gasteiger partial charge in [0.2, 0.25) is 6.54 Å². The first-order valence-corrected chi connectivity index (χ1v) is 4.99. The van der Waals surface area contributed by atoms with E-state index < -0.39 is 40.9 Å². The fraction of sp³-hybridized carbons (Fsp3) is 0.300. The first-order valence-electron chi connectivity index (χ1n) is 4.99. The molecule has 104 valence electrons. The number of hydrogen-bond donors (Lipinski definition) is 2. The quantitative estimate of drug-likeness (QED) is 0.652. The summed E-state index contributed by atoms with van der Waals surface area (Å²) in [6.45, 7) is -0.973. The number of nitrogens with zero attached hydrogens (tertiary/aromatic N) is 1. The Balaban J connectivity index is 3.21. The van der Waals surface area contributed by atoms with Gasteiger partial charge in [0.15, 0.2) is 0 Å². The molecule has 1 aromatic rings. The van der Waals surface area contributed by atoms with Crippen molar-refractivity contribution in [1.29, 1.82) is 0 Å². The average Bonchev–Trinajstić information content (AvgIpc) is 2.25. The van der Waals surface area contributed by atoms with Crippen LogP contribution < -0.4 is 5.32 Å². The van der Waals surface area contributed by atoms with E-state index >= 15 is 0 Å². The van der Waals surface area contributed by atoms with E-state index in [0.29, 0.717) is 0 Å². The molecule has 0 aliphatic heterocycles. The van der Waals surface area contributed by atoms with Gasteiger partial charge in [-0.2, -0.15) is 13.2 Å². The van der Waals surface area contributed by atoms with Crippen molar-refractivity contribution in [3.05, 3.63) is 45.5 Å². The first-order chi connectivity index (χ1) is 8.71. The second kappa shape index (κ2) is 5.55. The minimum absolute atomic E-state index is 0.478. The molecular formula is C10H9F3N2O4. The van der Waals surface area contributed by atoms with E-state index in [4.69, 9.17) is 5.11 Å². The SMILES string of the molecule is O=C(O)NC(C[N+](=O)[O-])c1ccccc1C(F)(F)F. The molecule has 0 aliphatic carbocycles. The monoisotopic (exact) mass is 278 g/mol. The lowest BCUT2D eigenvalue weighted by atomic mass is 10.00. The number of hydrogen-bond acceptors (Lipinski definition) is 3. The van der Waals surface area contributed by atoms with Crippen LogP contribution >= 0.6 is 0 Å². The third kappa shape index (κ3) is 4.12. The number of carboxylic acid groups (broad SMARTS) is 1. The Labute approximate surface area is 105 Å². The van der Waals surface area contributed by atoms with Crippen molar-refractivity contribution in [2.75, 3.05) is 6.54 Å². The van der Waals surface area contributed by atoms with Gasteiger partial charge in [0.25, 0.3) is 0 Å². The Hall–Kier alpha value is -2.32. The number of halogens is 3. The molecule has 1 atom stereocenters. The van der Waals surface area contributed by atoms with Crippen LogP contribution in [0.5, 0.6) is 0 Å². The summed E-state index contributed by atoms with van der Waals surface area (Å²) in [4.78, 5) is 20.0. The summed E-state index contributed by atoms with van der Waals surface area (Å²) < 4.78 is 38.2. The number of nitrogens with one attached hydrogen (secondary N) is 1. The Morgan fingerprint density at radius 1 is 1.42 bits per heavy atom. The second-order valence-electron chi connectivity index (χ2n) is 3.60. The third-order valence-electron chi connectivity index (χ3n) is 2.27. The van der Waals surface area contributed by atoms with Crippen molar-refractivity contribution in [2.24, 2.45) is 0 Å². The molecule has 0 radical (unpaired) electrons. The highest BCUT2D eigenvalue weighted by molar-refractivity contribution is 5.65. The Morgan fingerprint density at radius 3 is 2.47 bits per heavy atom. The molecule has 19 heavy (non-hydrogen) atoms. The van der Waals surface area contributed by atoms with Crippen molar-refractivity contribution in [3.8, 4) is 0 Å². The van der Waals surface area contributed by atoms with Crippen LogP contribution in [0.25, 0.3) is 0 Å². The smallest absolute Gasteiger partial charge is 0.416 e. The summed E-state index contributed by atoms with van der Waals surface area (Å²) in [5, 5.41) is 20.7. The highest BCUT2D eigenvalue weighted by Gasteiger charge is 2.36. The largest absolute Gasteiger partial charge is 0.465 e. The Bertz CT molecular complexity index is 474. The molecule has 0 aromatic heterocycles. The molecule has 6 nitrogen and oxygen atoms in total. The van der Waals surface area contributed by atoms with Gasteiger partial charge in [0.1, 0.15) is 6.04 Å². The molecule has 0 aliphatic rings. The minimum atomic E-state index is -4.72. The predicted octanol–water partition coefficient (Wildman–Crippen LogP) is 2.29. The highest BCUT2D eigenvalue weighted by atomic mass is 19.4. The van der Waals surface area contributed by atoms with E-state index in [9.17, 15) is 28.1 Å². The van der Waals surface area contributed by atoms with Gasteiger partial charge in [-0.1, -0.05) is 18.2 Å². The number of benzene rings is 1. The van der Waals surface area contributed by atoms with Gasteiger partial charge in [0.05, 0.1) is 5.56 Å². The lowest BCUT2D eigenvalue weighted by Gasteiger charge is -2.18. The summed E-state index contributed by atoms with van der Waals surface area (Å²) in [5.74, 6) is 0. The highest BCUT2D eigenvalue weighted by Crippen LogP contribution is 2.34. The van der Waals surface area contributed by atoms with Gasteiger partial charge in [-0.3, -0.25) is 10.1 Å². The molecule has 0 heterocycles. The molecule has 1 rings (SSSR count). The average molecular weight is 278 g/mol. The van der Waals surface area contributed by atoms with Crippen molar-refractivity contribution in [3.63, 3.8) is 0 Å². The summed E-state index contributed by atoms with van der Waals surface area (Å²) in [6, 6.07) is 2.56. The lowest BCUT2D eigenvalue weighted by Crippen LogP contribution is -2.33. The lowest BCUT2D eigenvalue weighted by molar-refractivity contribution is -0.484. The number of carbonyl (C=O) groups is 1. The molecule has 0 fully saturated rings. The molecule has 0 saturated heterocycles. The van der Waals surface area contributed by atoms with E-state index in [-0.39, 0.29) is 0 Å². The van der Waals surface area contributed by atoms with Crippen LogP contribution in [0.15, 0.2) is 24.3 Å². The number of alkyl halides is 3. The maximum absolute atomic E-state index is 12.7. The standard InChI is InChI=1S/C10H9F3N2O4/c11-10(12,13)7-4-2-1-3-6(7)8(5-15(18)19)14-9(16)17/h1-4,8,14H,5H2,(H,16,17). The molecule has 0 saturated carbocycles. The molecule has 1 unspecified atom stereocenters. The van der Waals surface area contributed by atoms with E-state index in [2.05, 4.69) is 0 Å². The van der Waals surface area contributed by atoms with E-state index in [1.807, 2.05) is 0 Å². The maximum atomic E-state index is 12.7. The summed E-state index contributed by atoms with van der Waals surface area (Å²) >= 11 is 0. The number of nitro groups is 1. The van der Waals surface area contributed by atoms with Gasteiger partial charge in [-0.05, 0) is 11.6 Å². The molecule has 1 amide bonds. The summed E-state index contributed by atoms with van der Waals surface area (Å²) in [5.41, 5.74) is -1.58. The fourth-order valence-corrected chi connectivity index (χ4v) is 1.58. The topological polar surface area (TPSA) is 92.5 Å². The van der Waals surface area contributed by atoms with Crippen LogP contribution in [0, 0.1) is 10.1 Å². The molecule has 1 aromatic carbocycles. The Kier molecular flexibility index (Phi) is 4.30. The molecule has 0 bridgehead atoms. The number of rotatable bonds is 4. The Morgan fingerprint density at radius 2 is 2.00 bits per heavy atom. The van der Waals surface area contributed by atoms with Crippen LogP contribution in [-0.4, -0.2) is 22.7 Å². The van der Waals surface area contributed by atoms with Crippen LogP contribution in [0.3, 0.4) is 0 Å². The zero-order chi connectivity index (χ0) is 14.6. The second-order valence-corrected chi connectivity index (χ2v) is 3.60. The van der Waals surface area contributed by atoms with E-state index in [1.165, 1.54) is 6.07 Å². The van der Waals surface area contributed by atoms with Crippen LogP contribution in [0.4, 0.5) is 18.0 Å². The van der Waals surface area contributed by atoms with Crippen molar-refractivity contribution in [1.82, 2.24) is 5.32 Å². The van der Waals surface area contributed by atoms with Crippen molar-refractivity contribution in [2.45, 2.75) is 12.2 Å². The molecular weight excluding hydrogens is 269 g/mol. The minimum Gasteiger partial charge on any atom is -0.465 e. The van der Waals surface area contributed by atoms with Gasteiger partial charge < -0.3 is 10.4 Å². The van der Waals surface area contributed by atoms with Gasteiger partial charge >= 0.3 is 12.3 Å². The van der Waals surface area contributed by atoms with Gasteiger partial charge in [0, 0.05) is 4.92 Å². The van der Waals surface area contributed by atoms with Gasteiger partial charge in [-0.15, -0.1) is 0 Å². The molecule has 9 heteroatoms. The van der Waals surface area contributed by atoms with Crippen LogP contribution in [0.2, 0.25) is 0 Å². The first kappa shape index (κ1) is 14.7. The molecule has 2 N–H and O–H groups in total. The predicted molar refractivity (Wildman–Crippen MR) is 57.2 cm³/mol. The zero-order valence-electron chi connectivity index (χ0n) is 9.35. The van der Waals surface area contributed by atoms with Gasteiger partial charge in [-0.25, -0.2) is 4.79 Å². The number of amides is 1. The van der Waals surface area contributed by atoms with Crippen molar-refractivity contribution >= 4 is 6.09 Å². The molecule has 0 spiro atoms. The normalized spacial score (nSPS) is 12.8. The summed E-state index contributed by atoms with van der Waals surface area (Å²) in [6.07, 6.45) is -6.35. The zero-order valence-corrected chi connectivity index (χ0v) is 9.35. The maximum Gasteiger partial charge on any atom is 0.416 e. The summed E-state index contributed by atoms with van der Waals surface area (Å²) in [7, 11) is 0. The van der Waals surface area contributed by atoms with E-state index in [1.54, 1.807) is 5.32 Å². The van der Waals surface area contributed by atoms with Crippen LogP contribution in [-0.2, 0) is 6.18 Å². The van der Waals surface area contributed by atoms with Crippen LogP contribution in [0.1, 0.15) is 17.2 Å². The third-order valence-corrected chi connectivity index (χ3v) is 2.27. The van der Waals surface area contributed by atoms with E-state index in [0.717, 1.165) is 18.2 Å². The van der Waals surface area contributed by atoms with Crippen molar-refractivity contribution < 1.29 is 28.0 Å². The fourth-order valence-electron chi connectivity index (χ4n) is 1.58.